The van der Waals surface area contributed by atoms with Gasteiger partial charge >= 0.3 is 12.0 Å². The molecular formula is C34H50F2N2O6S. The van der Waals surface area contributed by atoms with Crippen LogP contribution in [0.25, 0.3) is 0 Å². The summed E-state index contributed by atoms with van der Waals surface area (Å²) >= 11 is 0. The van der Waals surface area contributed by atoms with E-state index in [1.54, 1.807) is 18.2 Å². The predicted octanol–water partition coefficient (Wildman–Crippen LogP) is 6.14. The van der Waals surface area contributed by atoms with Crippen LogP contribution in [0.15, 0.2) is 35.2 Å². The largest absolute Gasteiger partial charge is 0.456 e. The second kappa shape index (κ2) is 12.4. The molecule has 0 aromatic heterocycles. The molecule has 0 aliphatic heterocycles. The number of sulfonamides is 1. The first-order chi connectivity index (χ1) is 21.1. The molecule has 0 spiro atoms. The van der Waals surface area contributed by atoms with Gasteiger partial charge in [0.15, 0.2) is 6.10 Å². The van der Waals surface area contributed by atoms with E-state index in [9.17, 15) is 23.1 Å². The zero-order chi connectivity index (χ0) is 32.9. The fourth-order valence-electron chi connectivity index (χ4n) is 10.8. The van der Waals surface area contributed by atoms with Crippen molar-refractivity contribution in [3.63, 3.8) is 0 Å². The summed E-state index contributed by atoms with van der Waals surface area (Å²) in [7, 11) is -3.96. The number of alkyl halides is 2. The molecule has 0 bridgehead atoms. The van der Waals surface area contributed by atoms with Gasteiger partial charge in [0.2, 0.25) is 0 Å². The van der Waals surface area contributed by atoms with Crippen LogP contribution in [0.3, 0.4) is 0 Å². The molecule has 4 fully saturated rings. The molecule has 45 heavy (non-hydrogen) atoms. The van der Waals surface area contributed by atoms with E-state index < -0.39 is 57.4 Å². The number of nitrogens with one attached hydrogen (secondary N) is 2. The fourth-order valence-corrected chi connectivity index (χ4v) is 11.7. The summed E-state index contributed by atoms with van der Waals surface area (Å²) in [6, 6.07) is 6.98. The first-order valence-corrected chi connectivity index (χ1v) is 18.1. The van der Waals surface area contributed by atoms with Crippen molar-refractivity contribution in [2.45, 2.75) is 109 Å². The number of carbonyl (C=O) groups is 2. The number of aliphatic hydroxyl groups excluding tert-OH is 1. The first-order valence-electron chi connectivity index (χ1n) is 16.7. The molecular weight excluding hydrogens is 602 g/mol. The molecule has 4 aliphatic rings. The van der Waals surface area contributed by atoms with E-state index in [1.807, 2.05) is 13.8 Å². The van der Waals surface area contributed by atoms with Gasteiger partial charge in [0.1, 0.15) is 0 Å². The van der Waals surface area contributed by atoms with Gasteiger partial charge in [-0.1, -0.05) is 52.3 Å². The van der Waals surface area contributed by atoms with E-state index in [0.717, 1.165) is 25.7 Å². The number of halogens is 2. The summed E-state index contributed by atoms with van der Waals surface area (Å²) < 4.78 is 64.6. The van der Waals surface area contributed by atoms with E-state index in [-0.39, 0.29) is 40.4 Å². The number of amides is 2. The Balaban J connectivity index is 1.27. The maximum atomic E-state index is 16.2. The van der Waals surface area contributed by atoms with Gasteiger partial charge in [-0.3, -0.25) is 4.79 Å². The highest BCUT2D eigenvalue weighted by molar-refractivity contribution is 7.90. The highest BCUT2D eigenvalue weighted by Gasteiger charge is 2.71. The predicted molar refractivity (Wildman–Crippen MR) is 166 cm³/mol. The molecule has 1 aromatic carbocycles. The number of rotatable bonds is 8. The molecule has 4 saturated carbocycles. The lowest BCUT2D eigenvalue weighted by Crippen LogP contribution is -2.68. The van der Waals surface area contributed by atoms with Crippen LogP contribution in [0.1, 0.15) is 86.0 Å². The van der Waals surface area contributed by atoms with E-state index in [0.29, 0.717) is 31.7 Å². The van der Waals surface area contributed by atoms with Crippen LogP contribution in [0.5, 0.6) is 0 Å². The van der Waals surface area contributed by atoms with Crippen LogP contribution in [0, 0.1) is 52.3 Å². The van der Waals surface area contributed by atoms with Crippen LogP contribution < -0.4 is 10.0 Å². The number of benzene rings is 1. The van der Waals surface area contributed by atoms with Crippen LogP contribution in [-0.2, 0) is 19.6 Å². The summed E-state index contributed by atoms with van der Waals surface area (Å²) in [5, 5.41) is 14.6. The second-order valence-corrected chi connectivity index (χ2v) is 16.5. The lowest BCUT2D eigenvalue weighted by Gasteiger charge is -2.66. The van der Waals surface area contributed by atoms with Gasteiger partial charge in [0, 0.05) is 19.4 Å². The first kappa shape index (κ1) is 34.1. The normalized spacial score (nSPS) is 39.5. The van der Waals surface area contributed by atoms with E-state index in [1.165, 1.54) is 19.1 Å². The molecule has 2 amide bonds. The molecule has 0 saturated heterocycles. The van der Waals surface area contributed by atoms with Crippen molar-refractivity contribution in [1.29, 1.82) is 0 Å². The molecule has 8 nitrogen and oxygen atoms in total. The molecule has 4 aliphatic carbocycles. The third kappa shape index (κ3) is 5.89. The minimum atomic E-state index is -3.96. The van der Waals surface area contributed by atoms with E-state index >= 15 is 8.78 Å². The summed E-state index contributed by atoms with van der Waals surface area (Å²) in [5.74, 6) is -4.87. The molecule has 0 heterocycles. The van der Waals surface area contributed by atoms with Gasteiger partial charge in [-0.25, -0.2) is 26.7 Å². The lowest BCUT2D eigenvalue weighted by molar-refractivity contribution is -0.289. The van der Waals surface area contributed by atoms with Gasteiger partial charge in [-0.2, -0.15) is 0 Å². The molecule has 5 rings (SSSR count). The number of aliphatic hydroxyl groups is 1. The van der Waals surface area contributed by atoms with Gasteiger partial charge in [-0.15, -0.1) is 0 Å². The van der Waals surface area contributed by atoms with Crippen molar-refractivity contribution in [2.24, 2.45) is 52.3 Å². The molecule has 3 N–H and O–H groups in total. The molecule has 0 radical (unpaired) electrons. The van der Waals surface area contributed by atoms with Crippen molar-refractivity contribution in [3.8, 4) is 0 Å². The standard InChI is InChI=1S/C34H50F2N2O6S/c1-6-23-29(40)28-25-13-12-24(20(2)16-19-37-31(41)38-45(42,43)22-10-8-7-9-11-22)32(25,4)17-14-26(28)33(5)18-15-27(44-21(3)39)34(35,36)30(23)33/h7-11,20,23-30,40H,6,12-19H2,1-5H3,(H2,37,38,41)/t20-,23+,24?,25?,26?,27-,28?,29-,30+,32-,33-/m1/s1. The summed E-state index contributed by atoms with van der Waals surface area (Å²) in [6.45, 7) is 9.87. The van der Waals surface area contributed by atoms with Crippen molar-refractivity contribution >= 4 is 22.0 Å². The average molecular weight is 653 g/mol. The maximum Gasteiger partial charge on any atom is 0.328 e. The van der Waals surface area contributed by atoms with Crippen LogP contribution in [0.2, 0.25) is 0 Å². The monoisotopic (exact) mass is 652 g/mol. The quantitative estimate of drug-likeness (QED) is 0.290. The van der Waals surface area contributed by atoms with Crippen LogP contribution in [0.4, 0.5) is 13.6 Å². The average Bonchev–Trinajstić information content (AvgIpc) is 3.33. The van der Waals surface area contributed by atoms with Crippen molar-refractivity contribution < 1.29 is 36.6 Å². The van der Waals surface area contributed by atoms with Crippen molar-refractivity contribution in [3.05, 3.63) is 30.3 Å². The smallest absolute Gasteiger partial charge is 0.328 e. The summed E-state index contributed by atoms with van der Waals surface area (Å²) in [5.41, 5.74) is -0.730. The van der Waals surface area contributed by atoms with E-state index in [2.05, 4.69) is 23.9 Å². The Morgan fingerprint density at radius 3 is 2.33 bits per heavy atom. The van der Waals surface area contributed by atoms with Gasteiger partial charge in [0.05, 0.1) is 11.0 Å². The zero-order valence-corrected chi connectivity index (χ0v) is 27.9. The Morgan fingerprint density at radius 1 is 1.04 bits per heavy atom. The Labute approximate surface area is 266 Å². The number of carbonyl (C=O) groups excluding carboxylic acids is 2. The topological polar surface area (TPSA) is 122 Å². The highest BCUT2D eigenvalue weighted by atomic mass is 32.2. The SMILES string of the molecule is CC[C@@H]1[C@@H]2C(F)(F)[C@H](OC(C)=O)CC[C@]2(C)C2CC[C@@]3(C)C(CCC3[C@H](C)CCNC(=O)NS(=O)(=O)c3ccccc3)C2[C@@H]1O. The van der Waals surface area contributed by atoms with Gasteiger partial charge in [-0.05, 0) is 103 Å². The van der Waals surface area contributed by atoms with Crippen molar-refractivity contribution in [1.82, 2.24) is 10.0 Å². The summed E-state index contributed by atoms with van der Waals surface area (Å²) in [4.78, 5) is 24.1. The van der Waals surface area contributed by atoms with Crippen LogP contribution in [-0.4, -0.2) is 50.2 Å². The number of ether oxygens (including phenoxy) is 1. The number of fused-ring (bicyclic) bond motifs is 5. The number of hydrogen-bond donors (Lipinski definition) is 3. The highest BCUT2D eigenvalue weighted by Crippen LogP contribution is 2.71. The van der Waals surface area contributed by atoms with Gasteiger partial charge < -0.3 is 15.2 Å². The minimum absolute atomic E-state index is 0.0191. The second-order valence-electron chi connectivity index (χ2n) is 14.8. The van der Waals surface area contributed by atoms with E-state index in [4.69, 9.17) is 4.74 Å². The summed E-state index contributed by atoms with van der Waals surface area (Å²) in [6.07, 6.45) is 3.03. The minimum Gasteiger partial charge on any atom is -0.456 e. The maximum absolute atomic E-state index is 16.2. The molecule has 4 unspecified atom stereocenters. The molecule has 11 atom stereocenters. The van der Waals surface area contributed by atoms with Crippen molar-refractivity contribution in [2.75, 3.05) is 6.54 Å². The number of hydrogen-bond acceptors (Lipinski definition) is 6. The van der Waals surface area contributed by atoms with Crippen LogP contribution >= 0.6 is 0 Å². The lowest BCUT2D eigenvalue weighted by atomic mass is 9.40. The Hall–Kier alpha value is -2.27. The van der Waals surface area contributed by atoms with Gasteiger partial charge in [0.25, 0.3) is 15.9 Å². The third-order valence-electron chi connectivity index (χ3n) is 12.6. The number of urea groups is 1. The fraction of sp³-hybridized carbons (Fsp3) is 0.765. The molecule has 252 valence electrons. The zero-order valence-electron chi connectivity index (χ0n) is 27.1. The number of esters is 1. The Bertz CT molecular complexity index is 1360. The Morgan fingerprint density at radius 2 is 1.69 bits per heavy atom. The third-order valence-corrected chi connectivity index (χ3v) is 14.0. The Kier molecular flexibility index (Phi) is 9.39. The molecule has 11 heteroatoms. The molecule has 1 aromatic rings.